The lowest BCUT2D eigenvalue weighted by atomic mass is 9.78. The largest absolute Gasteiger partial charge is 0.480 e. The summed E-state index contributed by atoms with van der Waals surface area (Å²) in [5.41, 5.74) is 1.66. The molecule has 0 saturated carbocycles. The Labute approximate surface area is 152 Å². The Kier molecular flexibility index (Phi) is 6.33. The third-order valence-electron chi connectivity index (χ3n) is 3.78. The highest BCUT2D eigenvalue weighted by molar-refractivity contribution is 6.30. The number of hydrogen-bond donors (Lipinski definition) is 1. The van der Waals surface area contributed by atoms with Crippen LogP contribution in [0.4, 0.5) is 0 Å². The molecule has 2 aromatic rings. The van der Waals surface area contributed by atoms with Crippen molar-refractivity contribution in [1.82, 2.24) is 14.8 Å². The molecule has 0 aliphatic heterocycles. The maximum Gasteiger partial charge on any atom is 0.329 e. The highest BCUT2D eigenvalue weighted by Gasteiger charge is 2.30. The number of rotatable bonds is 7. The van der Waals surface area contributed by atoms with E-state index in [1.165, 1.54) is 6.33 Å². The van der Waals surface area contributed by atoms with Crippen molar-refractivity contribution in [2.24, 2.45) is 11.3 Å². The third-order valence-corrected chi connectivity index (χ3v) is 4.03. The Morgan fingerprint density at radius 1 is 1.36 bits per heavy atom. The predicted octanol–water partition coefficient (Wildman–Crippen LogP) is 3.69. The van der Waals surface area contributed by atoms with E-state index in [-0.39, 0.29) is 24.5 Å². The number of carboxylic acids is 1. The van der Waals surface area contributed by atoms with Gasteiger partial charge in [-0.3, -0.25) is 0 Å². The van der Waals surface area contributed by atoms with Crippen LogP contribution in [-0.2, 0) is 9.53 Å². The second-order valence-electron chi connectivity index (χ2n) is 6.79. The van der Waals surface area contributed by atoms with Crippen LogP contribution in [0.3, 0.4) is 0 Å². The summed E-state index contributed by atoms with van der Waals surface area (Å²) in [6.07, 6.45) is 5.08. The number of benzene rings is 1. The Morgan fingerprint density at radius 2 is 2.04 bits per heavy atom. The molecule has 1 unspecified atom stereocenters. The van der Waals surface area contributed by atoms with E-state index in [0.717, 1.165) is 11.3 Å². The molecular formula is C18H22ClN3O3. The molecule has 7 heteroatoms. The number of ether oxygens (including phenoxy) is 1. The molecule has 1 aromatic carbocycles. The molecule has 0 aliphatic carbocycles. The molecule has 1 atom stereocenters. The summed E-state index contributed by atoms with van der Waals surface area (Å²) in [4.78, 5) is 14.8. The molecule has 1 aromatic heterocycles. The first-order valence-corrected chi connectivity index (χ1v) is 8.27. The van der Waals surface area contributed by atoms with Crippen LogP contribution in [0.25, 0.3) is 11.8 Å². The van der Waals surface area contributed by atoms with E-state index in [9.17, 15) is 4.79 Å². The first-order valence-electron chi connectivity index (χ1n) is 7.89. The quantitative estimate of drug-likeness (QED) is 0.811. The molecule has 0 fully saturated rings. The molecule has 1 heterocycles. The highest BCUT2D eigenvalue weighted by atomic mass is 35.5. The van der Waals surface area contributed by atoms with Crippen molar-refractivity contribution in [3.8, 4) is 0 Å². The zero-order valence-corrected chi connectivity index (χ0v) is 15.3. The Morgan fingerprint density at radius 3 is 2.56 bits per heavy atom. The number of aliphatic carboxylic acids is 1. The van der Waals surface area contributed by atoms with E-state index in [0.29, 0.717) is 5.02 Å². The molecule has 6 nitrogen and oxygen atoms in total. The summed E-state index contributed by atoms with van der Waals surface area (Å²) >= 11 is 5.96. The first kappa shape index (κ1) is 19.1. The topological polar surface area (TPSA) is 77.2 Å². The fourth-order valence-electron chi connectivity index (χ4n) is 2.44. The zero-order valence-electron chi connectivity index (χ0n) is 14.5. The van der Waals surface area contributed by atoms with Gasteiger partial charge in [0.25, 0.3) is 0 Å². The van der Waals surface area contributed by atoms with E-state index in [2.05, 4.69) is 30.9 Å². The standard InChI is InChI=1S/C18H22ClN3O3/c1-18(2,3)15(9-25-10-17(23)24)16(22-12-20-11-21-22)8-13-4-6-14(19)7-5-13/h4-8,11-12,15H,9-10H2,1-3H3,(H,23,24)/b16-8+. The van der Waals surface area contributed by atoms with Gasteiger partial charge in [-0.05, 0) is 29.2 Å². The molecule has 25 heavy (non-hydrogen) atoms. The minimum atomic E-state index is -0.989. The van der Waals surface area contributed by atoms with Crippen LogP contribution in [0.5, 0.6) is 0 Å². The molecule has 2 rings (SSSR count). The van der Waals surface area contributed by atoms with Crippen molar-refractivity contribution in [3.05, 3.63) is 47.5 Å². The average Bonchev–Trinajstić information content (AvgIpc) is 3.04. The van der Waals surface area contributed by atoms with Crippen molar-refractivity contribution in [3.63, 3.8) is 0 Å². The Balaban J connectivity index is 2.40. The van der Waals surface area contributed by atoms with Crippen LogP contribution in [-0.4, -0.2) is 39.1 Å². The van der Waals surface area contributed by atoms with Gasteiger partial charge in [0.05, 0.1) is 12.3 Å². The maximum absolute atomic E-state index is 10.8. The zero-order chi connectivity index (χ0) is 18.4. The summed E-state index contributed by atoms with van der Waals surface area (Å²) in [6.45, 7) is 6.16. The van der Waals surface area contributed by atoms with Gasteiger partial charge in [-0.2, -0.15) is 5.10 Å². The van der Waals surface area contributed by atoms with Gasteiger partial charge in [0.15, 0.2) is 0 Å². The van der Waals surface area contributed by atoms with E-state index >= 15 is 0 Å². The number of halogens is 1. The number of carboxylic acid groups (broad SMARTS) is 1. The highest BCUT2D eigenvalue weighted by Crippen LogP contribution is 2.35. The van der Waals surface area contributed by atoms with Gasteiger partial charge >= 0.3 is 5.97 Å². The van der Waals surface area contributed by atoms with Gasteiger partial charge in [-0.1, -0.05) is 44.5 Å². The minimum absolute atomic E-state index is 0.0933. The van der Waals surface area contributed by atoms with Crippen molar-refractivity contribution < 1.29 is 14.6 Å². The van der Waals surface area contributed by atoms with Gasteiger partial charge in [0.2, 0.25) is 0 Å². The molecule has 0 aliphatic rings. The second-order valence-corrected chi connectivity index (χ2v) is 7.22. The Hall–Kier alpha value is -2.18. The average molecular weight is 364 g/mol. The normalized spacial score (nSPS) is 13.7. The van der Waals surface area contributed by atoms with Crippen LogP contribution in [0, 0.1) is 11.3 Å². The third kappa shape index (κ3) is 5.69. The van der Waals surface area contributed by atoms with E-state index < -0.39 is 5.97 Å². The summed E-state index contributed by atoms with van der Waals surface area (Å²) in [5, 5.41) is 13.7. The molecule has 0 radical (unpaired) electrons. The smallest absolute Gasteiger partial charge is 0.329 e. The van der Waals surface area contributed by atoms with Crippen molar-refractivity contribution in [1.29, 1.82) is 0 Å². The summed E-state index contributed by atoms with van der Waals surface area (Å²) in [5.74, 6) is -1.08. The number of carbonyl (C=O) groups is 1. The lowest BCUT2D eigenvalue weighted by Crippen LogP contribution is -2.29. The molecule has 0 bridgehead atoms. The molecular weight excluding hydrogens is 342 g/mol. The van der Waals surface area contributed by atoms with Crippen molar-refractivity contribution >= 4 is 29.3 Å². The van der Waals surface area contributed by atoms with E-state index in [1.807, 2.05) is 30.3 Å². The van der Waals surface area contributed by atoms with E-state index in [4.69, 9.17) is 21.4 Å². The lowest BCUT2D eigenvalue weighted by Gasteiger charge is -2.32. The second kappa shape index (κ2) is 8.27. The molecule has 0 amide bonds. The molecule has 1 N–H and O–H groups in total. The molecule has 0 saturated heterocycles. The van der Waals surface area contributed by atoms with E-state index in [1.54, 1.807) is 11.0 Å². The predicted molar refractivity (Wildman–Crippen MR) is 97.0 cm³/mol. The summed E-state index contributed by atoms with van der Waals surface area (Å²) in [7, 11) is 0. The van der Waals surface area contributed by atoms with Crippen molar-refractivity contribution in [2.45, 2.75) is 20.8 Å². The van der Waals surface area contributed by atoms with Gasteiger partial charge in [-0.15, -0.1) is 0 Å². The number of aromatic nitrogens is 3. The van der Waals surface area contributed by atoms with Crippen LogP contribution in [0.15, 0.2) is 36.9 Å². The summed E-state index contributed by atoms with van der Waals surface area (Å²) < 4.78 is 7.09. The molecule has 0 spiro atoms. The minimum Gasteiger partial charge on any atom is -0.480 e. The van der Waals surface area contributed by atoms with Gasteiger partial charge < -0.3 is 9.84 Å². The van der Waals surface area contributed by atoms with Gasteiger partial charge in [0.1, 0.15) is 19.3 Å². The van der Waals surface area contributed by atoms with Gasteiger partial charge in [-0.25, -0.2) is 14.5 Å². The van der Waals surface area contributed by atoms with Crippen molar-refractivity contribution in [2.75, 3.05) is 13.2 Å². The lowest BCUT2D eigenvalue weighted by molar-refractivity contribution is -0.142. The first-order chi connectivity index (χ1) is 11.8. The summed E-state index contributed by atoms with van der Waals surface area (Å²) in [6, 6.07) is 7.47. The number of nitrogens with zero attached hydrogens (tertiary/aromatic N) is 3. The van der Waals surface area contributed by atoms with Crippen LogP contribution in [0.1, 0.15) is 26.3 Å². The maximum atomic E-state index is 10.8. The SMILES string of the molecule is CC(C)(C)C(COCC(=O)O)/C(=C\c1ccc(Cl)cc1)n1cncn1. The fourth-order valence-corrected chi connectivity index (χ4v) is 2.57. The molecule has 134 valence electrons. The van der Waals surface area contributed by atoms with Crippen LogP contribution < -0.4 is 0 Å². The van der Waals surface area contributed by atoms with Crippen LogP contribution in [0.2, 0.25) is 5.02 Å². The fraction of sp³-hybridized carbons (Fsp3) is 0.389. The van der Waals surface area contributed by atoms with Gasteiger partial charge in [0, 0.05) is 10.9 Å². The van der Waals surface area contributed by atoms with Crippen LogP contribution >= 0.6 is 11.6 Å². The Bertz CT molecular complexity index is 719. The monoisotopic (exact) mass is 363 g/mol. The number of hydrogen-bond acceptors (Lipinski definition) is 4.